The molecule has 0 bridgehead atoms. The van der Waals surface area contributed by atoms with Gasteiger partial charge in [-0.2, -0.15) is 0 Å². The molecule has 2 amide bonds. The van der Waals surface area contributed by atoms with Crippen LogP contribution in [0.15, 0.2) is 54.6 Å². The summed E-state index contributed by atoms with van der Waals surface area (Å²) in [6.45, 7) is 4.95. The fraction of sp³-hybridized carbons (Fsp3) is 0.481. The molecule has 1 saturated carbocycles. The molecule has 1 aliphatic carbocycles. The van der Waals surface area contributed by atoms with Gasteiger partial charge in [0.1, 0.15) is 11.8 Å². The number of carbonyl (C=O) groups is 2. The number of nitrogens with zero attached hydrogens (tertiary/aromatic N) is 1. The van der Waals surface area contributed by atoms with Crippen LogP contribution >= 0.6 is 0 Å². The summed E-state index contributed by atoms with van der Waals surface area (Å²) in [5.41, 5.74) is 2.21. The average molecular weight is 437 g/mol. The first-order valence-corrected chi connectivity index (χ1v) is 11.9. The molecule has 32 heavy (non-hydrogen) atoms. The highest BCUT2D eigenvalue weighted by Gasteiger charge is 2.30. The summed E-state index contributed by atoms with van der Waals surface area (Å²) < 4.78 is 5.75. The van der Waals surface area contributed by atoms with Crippen molar-refractivity contribution < 1.29 is 14.3 Å². The molecule has 0 aromatic heterocycles. The second-order valence-electron chi connectivity index (χ2n) is 8.63. The first-order chi connectivity index (χ1) is 15.6. The van der Waals surface area contributed by atoms with Crippen molar-refractivity contribution in [2.45, 2.75) is 77.4 Å². The van der Waals surface area contributed by atoms with E-state index in [2.05, 4.69) is 5.32 Å². The molecule has 0 spiro atoms. The van der Waals surface area contributed by atoms with Crippen molar-refractivity contribution in [2.24, 2.45) is 0 Å². The summed E-state index contributed by atoms with van der Waals surface area (Å²) >= 11 is 0. The van der Waals surface area contributed by atoms with E-state index in [9.17, 15) is 9.59 Å². The van der Waals surface area contributed by atoms with Crippen LogP contribution in [0.5, 0.6) is 5.75 Å². The Kier molecular flexibility index (Phi) is 9.14. The standard InChI is InChI=1S/C27H36N2O3/c1-3-25(27(31)28-23-14-9-10-15-23)29(20-22-13-8-7-12-21(22)2)26(30)18-11-19-32-24-16-5-4-6-17-24/h4-8,12-13,16-17,23,25H,3,9-11,14-15,18-20H2,1-2H3,(H,28,31)/t25-/m1/s1. The summed E-state index contributed by atoms with van der Waals surface area (Å²) in [7, 11) is 0. The third kappa shape index (κ3) is 6.84. The van der Waals surface area contributed by atoms with E-state index in [-0.39, 0.29) is 17.9 Å². The number of carbonyl (C=O) groups excluding carboxylic acids is 2. The zero-order valence-corrected chi connectivity index (χ0v) is 19.4. The van der Waals surface area contributed by atoms with Crippen molar-refractivity contribution in [3.8, 4) is 5.75 Å². The highest BCUT2D eigenvalue weighted by Crippen LogP contribution is 2.20. The number of hydrogen-bond donors (Lipinski definition) is 1. The minimum absolute atomic E-state index is 0.00154. The third-order valence-corrected chi connectivity index (χ3v) is 6.24. The quantitative estimate of drug-likeness (QED) is 0.503. The highest BCUT2D eigenvalue weighted by molar-refractivity contribution is 5.87. The summed E-state index contributed by atoms with van der Waals surface area (Å²) in [5, 5.41) is 3.20. The van der Waals surface area contributed by atoms with E-state index in [1.54, 1.807) is 4.90 Å². The predicted molar refractivity (Wildman–Crippen MR) is 127 cm³/mol. The van der Waals surface area contributed by atoms with E-state index in [0.717, 1.165) is 42.6 Å². The number of hydrogen-bond acceptors (Lipinski definition) is 3. The number of nitrogens with one attached hydrogen (secondary N) is 1. The lowest BCUT2D eigenvalue weighted by molar-refractivity contribution is -0.141. The van der Waals surface area contributed by atoms with Gasteiger partial charge >= 0.3 is 0 Å². The Morgan fingerprint density at radius 2 is 1.75 bits per heavy atom. The number of para-hydroxylation sites is 1. The summed E-state index contributed by atoms with van der Waals surface area (Å²) in [6, 6.07) is 17.5. The van der Waals surface area contributed by atoms with Crippen LogP contribution < -0.4 is 10.1 Å². The zero-order chi connectivity index (χ0) is 22.8. The van der Waals surface area contributed by atoms with Gasteiger partial charge in [0, 0.05) is 19.0 Å². The van der Waals surface area contributed by atoms with Gasteiger partial charge in [-0.3, -0.25) is 9.59 Å². The van der Waals surface area contributed by atoms with Crippen molar-refractivity contribution in [2.75, 3.05) is 6.61 Å². The van der Waals surface area contributed by atoms with E-state index in [4.69, 9.17) is 4.74 Å². The molecule has 2 aromatic carbocycles. The molecule has 172 valence electrons. The second kappa shape index (κ2) is 12.3. The van der Waals surface area contributed by atoms with E-state index in [0.29, 0.717) is 32.4 Å². The molecule has 5 nitrogen and oxygen atoms in total. The van der Waals surface area contributed by atoms with Gasteiger partial charge in [-0.1, -0.05) is 62.2 Å². The Morgan fingerprint density at radius 1 is 1.06 bits per heavy atom. The molecule has 3 rings (SSSR count). The Bertz CT molecular complexity index is 862. The third-order valence-electron chi connectivity index (χ3n) is 6.24. The lowest BCUT2D eigenvalue weighted by Gasteiger charge is -2.32. The molecule has 0 unspecified atom stereocenters. The number of ether oxygens (including phenoxy) is 1. The average Bonchev–Trinajstić information content (AvgIpc) is 3.31. The van der Waals surface area contributed by atoms with E-state index < -0.39 is 6.04 Å². The molecular weight excluding hydrogens is 400 g/mol. The monoisotopic (exact) mass is 436 g/mol. The molecule has 0 heterocycles. The van der Waals surface area contributed by atoms with Crippen LogP contribution in [0.3, 0.4) is 0 Å². The maximum absolute atomic E-state index is 13.3. The van der Waals surface area contributed by atoms with Crippen molar-refractivity contribution in [1.29, 1.82) is 0 Å². The summed E-state index contributed by atoms with van der Waals surface area (Å²) in [4.78, 5) is 28.2. The van der Waals surface area contributed by atoms with E-state index in [1.807, 2.05) is 68.4 Å². The van der Waals surface area contributed by atoms with Crippen molar-refractivity contribution in [3.05, 3.63) is 65.7 Å². The Morgan fingerprint density at radius 3 is 2.44 bits per heavy atom. The van der Waals surface area contributed by atoms with Gasteiger partial charge in [-0.25, -0.2) is 0 Å². The van der Waals surface area contributed by atoms with Gasteiger partial charge in [-0.15, -0.1) is 0 Å². The molecule has 1 N–H and O–H groups in total. The maximum atomic E-state index is 13.3. The number of aryl methyl sites for hydroxylation is 1. The van der Waals surface area contributed by atoms with Crippen LogP contribution in [0, 0.1) is 6.92 Å². The second-order valence-corrected chi connectivity index (χ2v) is 8.63. The summed E-state index contributed by atoms with van der Waals surface area (Å²) in [5.74, 6) is 0.777. The van der Waals surface area contributed by atoms with Gasteiger partial charge in [0.2, 0.25) is 11.8 Å². The first-order valence-electron chi connectivity index (χ1n) is 11.9. The van der Waals surface area contributed by atoms with E-state index >= 15 is 0 Å². The Hall–Kier alpha value is -2.82. The van der Waals surface area contributed by atoms with Crippen LogP contribution in [-0.2, 0) is 16.1 Å². The van der Waals surface area contributed by atoms with Crippen LogP contribution in [0.25, 0.3) is 0 Å². The molecule has 1 fully saturated rings. The molecule has 2 aromatic rings. The van der Waals surface area contributed by atoms with Gasteiger partial charge in [0.15, 0.2) is 0 Å². The van der Waals surface area contributed by atoms with Crippen molar-refractivity contribution in [1.82, 2.24) is 10.2 Å². The Labute approximate surface area is 192 Å². The zero-order valence-electron chi connectivity index (χ0n) is 19.4. The molecular formula is C27H36N2O3. The van der Waals surface area contributed by atoms with Crippen molar-refractivity contribution >= 4 is 11.8 Å². The van der Waals surface area contributed by atoms with Crippen molar-refractivity contribution in [3.63, 3.8) is 0 Å². The lowest BCUT2D eigenvalue weighted by Crippen LogP contribution is -2.51. The number of benzene rings is 2. The normalized spacial score (nSPS) is 14.7. The van der Waals surface area contributed by atoms with Gasteiger partial charge in [0.05, 0.1) is 6.61 Å². The molecule has 5 heteroatoms. The van der Waals surface area contributed by atoms with E-state index in [1.165, 1.54) is 0 Å². The molecule has 0 aliphatic heterocycles. The minimum atomic E-state index is -0.460. The largest absolute Gasteiger partial charge is 0.494 e. The summed E-state index contributed by atoms with van der Waals surface area (Å²) in [6.07, 6.45) is 5.95. The fourth-order valence-electron chi connectivity index (χ4n) is 4.33. The SMILES string of the molecule is CC[C@H](C(=O)NC1CCCC1)N(Cc1ccccc1C)C(=O)CCCOc1ccccc1. The van der Waals surface area contributed by atoms with Gasteiger partial charge < -0.3 is 15.0 Å². The molecule has 0 radical (unpaired) electrons. The maximum Gasteiger partial charge on any atom is 0.243 e. The van der Waals surface area contributed by atoms with Crippen LogP contribution in [0.4, 0.5) is 0 Å². The predicted octanol–water partition coefficient (Wildman–Crippen LogP) is 5.02. The van der Waals surface area contributed by atoms with Crippen LogP contribution in [0.1, 0.15) is 63.0 Å². The van der Waals surface area contributed by atoms with Crippen LogP contribution in [0.2, 0.25) is 0 Å². The fourth-order valence-corrected chi connectivity index (χ4v) is 4.33. The molecule has 1 aliphatic rings. The van der Waals surface area contributed by atoms with Gasteiger partial charge in [-0.05, 0) is 55.9 Å². The smallest absolute Gasteiger partial charge is 0.243 e. The molecule has 0 saturated heterocycles. The Balaban J connectivity index is 1.66. The lowest BCUT2D eigenvalue weighted by atomic mass is 10.0. The number of rotatable bonds is 11. The van der Waals surface area contributed by atoms with Gasteiger partial charge in [0.25, 0.3) is 0 Å². The minimum Gasteiger partial charge on any atom is -0.494 e. The highest BCUT2D eigenvalue weighted by atomic mass is 16.5. The van der Waals surface area contributed by atoms with Crippen LogP contribution in [-0.4, -0.2) is 35.4 Å². The first kappa shape index (κ1) is 23.8. The topological polar surface area (TPSA) is 58.6 Å². The molecule has 1 atom stereocenters. The number of amides is 2.